The van der Waals surface area contributed by atoms with Crippen molar-refractivity contribution >= 4 is 46.1 Å². The number of amides is 4. The number of halogens is 2. The van der Waals surface area contributed by atoms with Crippen LogP contribution in [0.25, 0.3) is 10.9 Å². The number of rotatable bonds is 11. The molecule has 1 saturated heterocycles. The number of carbonyl (C=O) groups excluding carboxylic acids is 4. The highest BCUT2D eigenvalue weighted by Gasteiger charge is 2.34. The second-order valence-corrected chi connectivity index (χ2v) is 11.7. The molecule has 0 unspecified atom stereocenters. The van der Waals surface area contributed by atoms with Gasteiger partial charge in [-0.3, -0.25) is 23.9 Å². The monoisotopic (exact) mass is 611 g/mol. The third-order valence-corrected chi connectivity index (χ3v) is 8.20. The van der Waals surface area contributed by atoms with Crippen molar-refractivity contribution in [2.24, 2.45) is 5.73 Å². The summed E-state index contributed by atoms with van der Waals surface area (Å²) in [5.74, 6) is -2.25. The molecule has 1 aliphatic carbocycles. The first-order valence-electron chi connectivity index (χ1n) is 14.3. The van der Waals surface area contributed by atoms with Crippen LogP contribution < -0.4 is 16.4 Å². The average molecular weight is 612 g/mol. The lowest BCUT2D eigenvalue weighted by molar-refractivity contribution is -0.137. The molecule has 228 valence electrons. The van der Waals surface area contributed by atoms with Gasteiger partial charge in [-0.25, -0.2) is 4.39 Å². The summed E-state index contributed by atoms with van der Waals surface area (Å²) in [6, 6.07) is 9.78. The van der Waals surface area contributed by atoms with E-state index in [4.69, 9.17) is 17.3 Å². The van der Waals surface area contributed by atoms with Gasteiger partial charge in [-0.2, -0.15) is 5.10 Å². The minimum atomic E-state index is -0.754. The Hall–Kier alpha value is -4.03. The summed E-state index contributed by atoms with van der Waals surface area (Å²) >= 11 is 5.82. The Morgan fingerprint density at radius 3 is 2.53 bits per heavy atom. The van der Waals surface area contributed by atoms with E-state index in [0.717, 1.165) is 38.8 Å². The molecule has 13 heteroatoms. The summed E-state index contributed by atoms with van der Waals surface area (Å²) in [4.78, 5) is 54.8. The summed E-state index contributed by atoms with van der Waals surface area (Å²) in [5, 5.41) is 10.5. The molecule has 11 nitrogen and oxygen atoms in total. The van der Waals surface area contributed by atoms with Crippen molar-refractivity contribution in [1.82, 2.24) is 30.2 Å². The number of nitrogens with zero attached hydrogens (tertiary/aromatic N) is 4. The normalized spacial score (nSPS) is 15.8. The average Bonchev–Trinajstić information content (AvgIpc) is 3.75. The molecule has 2 fully saturated rings. The topological polar surface area (TPSA) is 143 Å². The number of primary amides is 1. The van der Waals surface area contributed by atoms with E-state index in [9.17, 15) is 23.6 Å². The van der Waals surface area contributed by atoms with Gasteiger partial charge in [0.2, 0.25) is 17.7 Å². The van der Waals surface area contributed by atoms with E-state index in [0.29, 0.717) is 16.5 Å². The van der Waals surface area contributed by atoms with Crippen LogP contribution >= 0.6 is 11.6 Å². The molecular formula is C30H35ClFN7O4. The molecule has 2 heterocycles. The predicted molar refractivity (Wildman–Crippen MR) is 159 cm³/mol. The third-order valence-electron chi connectivity index (χ3n) is 7.91. The molecule has 1 aromatic heterocycles. The number of piperidine rings is 1. The summed E-state index contributed by atoms with van der Waals surface area (Å²) in [6.45, 7) is 1.38. The Kier molecular flexibility index (Phi) is 9.26. The van der Waals surface area contributed by atoms with E-state index in [2.05, 4.69) is 27.7 Å². The van der Waals surface area contributed by atoms with E-state index in [1.807, 2.05) is 0 Å². The van der Waals surface area contributed by atoms with Gasteiger partial charge in [0.05, 0.1) is 23.5 Å². The molecule has 4 amide bonds. The standard InChI is InChI=1S/C30H35ClFN7O4/c1-37-11-9-20(10-12-37)35-25(40)14-18-5-8-24-22(13-18)29(30(33)43)36-39(24)17-27(42)38(21-6-7-21)16-26(41)34-15-19-3-2-4-23(31)28(19)32/h2-5,8,13,20-21H,6-7,9-12,14-17H2,1H3,(H2,33,43)(H,34,41)(H,35,40). The number of likely N-dealkylation sites (tertiary alicyclic amines) is 1. The molecular weight excluding hydrogens is 577 g/mol. The van der Waals surface area contributed by atoms with Crippen molar-refractivity contribution in [2.45, 2.75) is 57.3 Å². The minimum Gasteiger partial charge on any atom is -0.364 e. The van der Waals surface area contributed by atoms with Crippen molar-refractivity contribution < 1.29 is 23.6 Å². The predicted octanol–water partition coefficient (Wildman–Crippen LogP) is 1.99. The van der Waals surface area contributed by atoms with Crippen LogP contribution in [0.15, 0.2) is 36.4 Å². The lowest BCUT2D eigenvalue weighted by atomic mass is 10.0. The van der Waals surface area contributed by atoms with E-state index >= 15 is 0 Å². The fraction of sp³-hybridized carbons (Fsp3) is 0.433. The van der Waals surface area contributed by atoms with E-state index < -0.39 is 17.6 Å². The number of nitrogens with one attached hydrogen (secondary N) is 2. The molecule has 43 heavy (non-hydrogen) atoms. The van der Waals surface area contributed by atoms with Gasteiger partial charge in [0.15, 0.2) is 5.69 Å². The number of hydrogen-bond donors (Lipinski definition) is 3. The first-order valence-corrected chi connectivity index (χ1v) is 14.7. The zero-order valence-electron chi connectivity index (χ0n) is 23.9. The van der Waals surface area contributed by atoms with Crippen molar-refractivity contribution in [3.05, 3.63) is 64.1 Å². The molecule has 0 radical (unpaired) electrons. The van der Waals surface area contributed by atoms with Crippen LogP contribution in [0.5, 0.6) is 0 Å². The minimum absolute atomic E-state index is 0.000334. The molecule has 4 N–H and O–H groups in total. The summed E-state index contributed by atoms with van der Waals surface area (Å²) < 4.78 is 15.6. The SMILES string of the molecule is CN1CCC(NC(=O)Cc2ccc3c(c2)c(C(N)=O)nn3CC(=O)N(CC(=O)NCc2cccc(Cl)c2F)C2CC2)CC1. The molecule has 3 aromatic rings. The Morgan fingerprint density at radius 2 is 1.84 bits per heavy atom. The molecule has 5 rings (SSSR count). The fourth-order valence-corrected chi connectivity index (χ4v) is 5.57. The molecule has 1 aliphatic heterocycles. The highest BCUT2D eigenvalue weighted by molar-refractivity contribution is 6.30. The number of hydrogen-bond acceptors (Lipinski definition) is 6. The first kappa shape index (κ1) is 30.4. The second-order valence-electron chi connectivity index (χ2n) is 11.3. The Balaban J connectivity index is 1.25. The van der Waals surface area contributed by atoms with Crippen LogP contribution in [0.1, 0.15) is 47.3 Å². The van der Waals surface area contributed by atoms with Crippen LogP contribution in [0, 0.1) is 5.82 Å². The maximum atomic E-state index is 14.2. The molecule has 0 spiro atoms. The van der Waals surface area contributed by atoms with E-state index in [1.54, 1.807) is 24.3 Å². The zero-order chi connectivity index (χ0) is 30.7. The van der Waals surface area contributed by atoms with Gasteiger partial charge < -0.3 is 26.2 Å². The summed E-state index contributed by atoms with van der Waals surface area (Å²) in [6.07, 6.45) is 3.45. The van der Waals surface area contributed by atoms with Crippen molar-refractivity contribution in [2.75, 3.05) is 26.7 Å². The van der Waals surface area contributed by atoms with Gasteiger partial charge in [0, 0.05) is 29.6 Å². The van der Waals surface area contributed by atoms with Crippen LogP contribution in [0.2, 0.25) is 5.02 Å². The largest absolute Gasteiger partial charge is 0.364 e. The van der Waals surface area contributed by atoms with Crippen molar-refractivity contribution in [1.29, 1.82) is 0 Å². The highest BCUT2D eigenvalue weighted by Crippen LogP contribution is 2.28. The van der Waals surface area contributed by atoms with Crippen molar-refractivity contribution in [3.8, 4) is 0 Å². The second kappa shape index (κ2) is 13.1. The van der Waals surface area contributed by atoms with Gasteiger partial charge in [0.25, 0.3) is 5.91 Å². The molecule has 2 aliphatic rings. The Labute approximate surface area is 253 Å². The fourth-order valence-electron chi connectivity index (χ4n) is 5.37. The number of carbonyl (C=O) groups is 4. The van der Waals surface area contributed by atoms with Crippen LogP contribution in [-0.2, 0) is 33.9 Å². The van der Waals surface area contributed by atoms with E-state index in [-0.39, 0.29) is 66.2 Å². The molecule has 2 aromatic carbocycles. The van der Waals surface area contributed by atoms with Gasteiger partial charge >= 0.3 is 0 Å². The molecule has 0 bridgehead atoms. The zero-order valence-corrected chi connectivity index (χ0v) is 24.7. The number of aromatic nitrogens is 2. The smallest absolute Gasteiger partial charge is 0.269 e. The maximum absolute atomic E-state index is 14.2. The first-order chi connectivity index (χ1) is 20.6. The molecule has 0 atom stereocenters. The van der Waals surface area contributed by atoms with E-state index in [1.165, 1.54) is 21.7 Å². The van der Waals surface area contributed by atoms with Crippen molar-refractivity contribution in [3.63, 3.8) is 0 Å². The van der Waals surface area contributed by atoms with Gasteiger partial charge in [-0.15, -0.1) is 0 Å². The van der Waals surface area contributed by atoms with Gasteiger partial charge in [-0.1, -0.05) is 29.8 Å². The van der Waals surface area contributed by atoms with Gasteiger partial charge in [-0.05, 0) is 69.6 Å². The maximum Gasteiger partial charge on any atom is 0.269 e. The lowest BCUT2D eigenvalue weighted by Crippen LogP contribution is -2.43. The Morgan fingerprint density at radius 1 is 1.09 bits per heavy atom. The number of nitrogens with two attached hydrogens (primary N) is 1. The number of fused-ring (bicyclic) bond motifs is 1. The lowest BCUT2D eigenvalue weighted by Gasteiger charge is -2.29. The summed E-state index contributed by atoms with van der Waals surface area (Å²) in [7, 11) is 2.06. The van der Waals surface area contributed by atoms with Crippen LogP contribution in [0.4, 0.5) is 4.39 Å². The van der Waals surface area contributed by atoms with Gasteiger partial charge in [0.1, 0.15) is 12.4 Å². The third kappa shape index (κ3) is 7.49. The highest BCUT2D eigenvalue weighted by atomic mass is 35.5. The molecule has 1 saturated carbocycles. The number of benzene rings is 2. The summed E-state index contributed by atoms with van der Waals surface area (Å²) in [5.41, 5.74) is 7.06. The van der Waals surface area contributed by atoms with Crippen LogP contribution in [0.3, 0.4) is 0 Å². The van der Waals surface area contributed by atoms with Crippen LogP contribution in [-0.4, -0.2) is 82.0 Å². The quantitative estimate of drug-likeness (QED) is 0.303. The Bertz CT molecular complexity index is 1550.